The van der Waals surface area contributed by atoms with Crippen LogP contribution in [0.5, 0.6) is 0 Å². The molecule has 4 heterocycles. The number of aromatic amines is 1. The molecule has 1 aliphatic carbocycles. The maximum atomic E-state index is 14.5. The van der Waals surface area contributed by atoms with E-state index in [1.54, 1.807) is 0 Å². The minimum atomic E-state index is -0.420. The van der Waals surface area contributed by atoms with Crippen molar-refractivity contribution in [1.82, 2.24) is 19.6 Å². The number of hydrogen-bond acceptors (Lipinski definition) is 3. The zero-order valence-corrected chi connectivity index (χ0v) is 16.8. The van der Waals surface area contributed by atoms with Gasteiger partial charge in [-0.15, -0.1) is 5.10 Å². The lowest BCUT2D eigenvalue weighted by atomic mass is 9.91. The van der Waals surface area contributed by atoms with E-state index in [9.17, 15) is 8.78 Å². The van der Waals surface area contributed by atoms with E-state index < -0.39 is 5.82 Å². The van der Waals surface area contributed by atoms with Crippen molar-refractivity contribution in [3.05, 3.63) is 89.0 Å². The number of allylic oxidation sites excluding steroid dienone is 1. The standard InChI is InChI=1S/C24H21F2N5/c25-17-4-5-19(26)18(13-17)21-2-1-11-30(21)24-8-7-23-28-14-22(31(23)29-24)16-3-6-20-15(12-16)9-10-27-20/h3-10,13-14,16,21,27H,1-2,11-12H2. The molecule has 1 fully saturated rings. The lowest BCUT2D eigenvalue weighted by Gasteiger charge is -2.26. The first-order valence-electron chi connectivity index (χ1n) is 10.6. The van der Waals surface area contributed by atoms with E-state index in [4.69, 9.17) is 5.10 Å². The van der Waals surface area contributed by atoms with Crippen LogP contribution in [0.15, 0.2) is 54.9 Å². The Morgan fingerprint density at radius 2 is 2.03 bits per heavy atom. The molecule has 7 heteroatoms. The van der Waals surface area contributed by atoms with E-state index in [-0.39, 0.29) is 17.8 Å². The maximum Gasteiger partial charge on any atom is 0.153 e. The van der Waals surface area contributed by atoms with Gasteiger partial charge >= 0.3 is 0 Å². The summed E-state index contributed by atoms with van der Waals surface area (Å²) in [5, 5.41) is 4.89. The number of halogens is 2. The average Bonchev–Trinajstić information content (AvgIpc) is 3.53. The van der Waals surface area contributed by atoms with Gasteiger partial charge in [0, 0.05) is 29.9 Å². The number of aromatic nitrogens is 4. The van der Waals surface area contributed by atoms with Crippen LogP contribution < -0.4 is 4.90 Å². The highest BCUT2D eigenvalue weighted by molar-refractivity contribution is 5.56. The molecular formula is C24H21F2N5. The van der Waals surface area contributed by atoms with Crippen molar-refractivity contribution in [2.75, 3.05) is 11.4 Å². The summed E-state index contributed by atoms with van der Waals surface area (Å²) in [6, 6.07) is 9.41. The van der Waals surface area contributed by atoms with E-state index in [1.807, 2.05) is 29.0 Å². The highest BCUT2D eigenvalue weighted by Crippen LogP contribution is 2.37. The molecular weight excluding hydrogens is 396 g/mol. The van der Waals surface area contributed by atoms with E-state index in [1.165, 1.54) is 17.7 Å². The first kappa shape index (κ1) is 18.3. The molecule has 0 amide bonds. The molecule has 0 spiro atoms. The Bertz CT molecular complexity index is 1300. The van der Waals surface area contributed by atoms with Gasteiger partial charge in [-0.2, -0.15) is 0 Å². The molecule has 0 bridgehead atoms. The molecule has 1 saturated heterocycles. The van der Waals surface area contributed by atoms with Crippen molar-refractivity contribution < 1.29 is 8.78 Å². The van der Waals surface area contributed by atoms with Gasteiger partial charge in [0.05, 0.1) is 17.9 Å². The summed E-state index contributed by atoms with van der Waals surface area (Å²) in [5.74, 6) is 0.130. The zero-order chi connectivity index (χ0) is 20.9. The molecule has 6 rings (SSSR count). The van der Waals surface area contributed by atoms with E-state index in [0.717, 1.165) is 54.7 Å². The minimum Gasteiger partial charge on any atom is -0.361 e. The van der Waals surface area contributed by atoms with Crippen LogP contribution in [0.3, 0.4) is 0 Å². The summed E-state index contributed by atoms with van der Waals surface area (Å²) in [6.07, 6.45) is 10.7. The molecule has 1 N–H and O–H groups in total. The van der Waals surface area contributed by atoms with Crippen LogP contribution >= 0.6 is 0 Å². The van der Waals surface area contributed by atoms with Gasteiger partial charge in [0.25, 0.3) is 0 Å². The van der Waals surface area contributed by atoms with Crippen molar-refractivity contribution in [3.63, 3.8) is 0 Å². The third kappa shape index (κ3) is 3.03. The molecule has 0 radical (unpaired) electrons. The van der Waals surface area contributed by atoms with Crippen molar-refractivity contribution in [2.24, 2.45) is 0 Å². The third-order valence-electron chi connectivity index (χ3n) is 6.42. The first-order chi connectivity index (χ1) is 15.2. The molecule has 3 aromatic heterocycles. The monoisotopic (exact) mass is 417 g/mol. The molecule has 4 aromatic rings. The Labute approximate surface area is 178 Å². The normalized spacial score (nSPS) is 20.5. The molecule has 5 nitrogen and oxygen atoms in total. The number of hydrogen-bond donors (Lipinski definition) is 1. The van der Waals surface area contributed by atoms with Gasteiger partial charge in [-0.25, -0.2) is 18.3 Å². The second-order valence-electron chi connectivity index (χ2n) is 8.25. The summed E-state index contributed by atoms with van der Waals surface area (Å²) in [7, 11) is 0. The van der Waals surface area contributed by atoms with Gasteiger partial charge in [0.2, 0.25) is 0 Å². The zero-order valence-electron chi connectivity index (χ0n) is 16.8. The fourth-order valence-corrected chi connectivity index (χ4v) is 4.89. The van der Waals surface area contributed by atoms with Crippen LogP contribution in [0, 0.1) is 11.6 Å². The lowest BCUT2D eigenvalue weighted by Crippen LogP contribution is -2.25. The third-order valence-corrected chi connectivity index (χ3v) is 6.42. The fraction of sp³-hybridized carbons (Fsp3) is 0.250. The van der Waals surface area contributed by atoms with Crippen molar-refractivity contribution in [2.45, 2.75) is 31.2 Å². The summed E-state index contributed by atoms with van der Waals surface area (Å²) >= 11 is 0. The van der Waals surface area contributed by atoms with Gasteiger partial charge < -0.3 is 9.88 Å². The van der Waals surface area contributed by atoms with Crippen LogP contribution in [0.25, 0.3) is 11.7 Å². The molecule has 2 atom stereocenters. The van der Waals surface area contributed by atoms with Gasteiger partial charge in [-0.3, -0.25) is 0 Å². The van der Waals surface area contributed by atoms with E-state index in [0.29, 0.717) is 5.56 Å². The Kier molecular flexibility index (Phi) is 4.16. The highest BCUT2D eigenvalue weighted by Gasteiger charge is 2.30. The SMILES string of the molecule is Fc1ccc(F)c(C2CCCN2c2ccc3ncc(C4C=Cc5[nH]ccc5C4)n3n2)c1. The van der Waals surface area contributed by atoms with Crippen LogP contribution in [0.4, 0.5) is 14.6 Å². The van der Waals surface area contributed by atoms with Crippen LogP contribution in [0.1, 0.15) is 47.3 Å². The Balaban J connectivity index is 1.37. The summed E-state index contributed by atoms with van der Waals surface area (Å²) in [5.41, 5.74) is 4.61. The maximum absolute atomic E-state index is 14.5. The number of benzene rings is 1. The highest BCUT2D eigenvalue weighted by atomic mass is 19.1. The van der Waals surface area contributed by atoms with Crippen molar-refractivity contribution >= 4 is 17.5 Å². The topological polar surface area (TPSA) is 49.2 Å². The smallest absolute Gasteiger partial charge is 0.153 e. The molecule has 0 saturated carbocycles. The second kappa shape index (κ2) is 7.04. The van der Waals surface area contributed by atoms with Crippen LogP contribution in [-0.2, 0) is 6.42 Å². The van der Waals surface area contributed by atoms with Gasteiger partial charge in [0.15, 0.2) is 5.65 Å². The molecule has 156 valence electrons. The Morgan fingerprint density at radius 1 is 1.10 bits per heavy atom. The number of imidazole rings is 1. The molecule has 1 aliphatic heterocycles. The number of anilines is 1. The van der Waals surface area contributed by atoms with E-state index >= 15 is 0 Å². The molecule has 31 heavy (non-hydrogen) atoms. The minimum absolute atomic E-state index is 0.177. The quantitative estimate of drug-likeness (QED) is 0.509. The Hall–Kier alpha value is -3.48. The van der Waals surface area contributed by atoms with Crippen LogP contribution in [0.2, 0.25) is 0 Å². The second-order valence-corrected chi connectivity index (χ2v) is 8.25. The average molecular weight is 417 g/mol. The number of nitrogens with one attached hydrogen (secondary N) is 1. The Morgan fingerprint density at radius 3 is 2.97 bits per heavy atom. The largest absolute Gasteiger partial charge is 0.361 e. The van der Waals surface area contributed by atoms with Crippen molar-refractivity contribution in [1.29, 1.82) is 0 Å². The summed E-state index contributed by atoms with van der Waals surface area (Å²) in [6.45, 7) is 0.749. The number of nitrogens with zero attached hydrogens (tertiary/aromatic N) is 4. The van der Waals surface area contributed by atoms with E-state index in [2.05, 4.69) is 33.1 Å². The molecule has 2 aliphatic rings. The summed E-state index contributed by atoms with van der Waals surface area (Å²) < 4.78 is 30.2. The predicted molar refractivity (Wildman–Crippen MR) is 115 cm³/mol. The number of H-pyrrole nitrogens is 1. The molecule has 1 aromatic carbocycles. The number of rotatable bonds is 3. The van der Waals surface area contributed by atoms with Crippen LogP contribution in [-0.4, -0.2) is 26.1 Å². The van der Waals surface area contributed by atoms with Gasteiger partial charge in [0.1, 0.15) is 17.5 Å². The van der Waals surface area contributed by atoms with Crippen molar-refractivity contribution in [3.8, 4) is 0 Å². The summed E-state index contributed by atoms with van der Waals surface area (Å²) in [4.78, 5) is 9.86. The van der Waals surface area contributed by atoms with Gasteiger partial charge in [-0.1, -0.05) is 6.08 Å². The van der Waals surface area contributed by atoms with Gasteiger partial charge in [-0.05, 0) is 67.3 Å². The fourth-order valence-electron chi connectivity index (χ4n) is 4.89. The molecule has 2 unspecified atom stereocenters. The number of fused-ring (bicyclic) bond motifs is 2. The predicted octanol–water partition coefficient (Wildman–Crippen LogP) is 5.03. The first-order valence-corrected chi connectivity index (χ1v) is 10.6. The lowest BCUT2D eigenvalue weighted by molar-refractivity contribution is 0.559.